The quantitative estimate of drug-likeness (QED) is 0.480. The number of halogens is 1. The van der Waals surface area contributed by atoms with E-state index in [4.69, 9.17) is 22.1 Å². The lowest BCUT2D eigenvalue weighted by Gasteiger charge is -2.17. The van der Waals surface area contributed by atoms with Crippen LogP contribution >= 0.6 is 11.6 Å². The fraction of sp³-hybridized carbons (Fsp3) is 0.800. The molecule has 0 heterocycles. The van der Waals surface area contributed by atoms with Gasteiger partial charge < -0.3 is 0 Å². The third kappa shape index (κ3) is 6.71. The van der Waals surface area contributed by atoms with Crippen molar-refractivity contribution in [2.75, 3.05) is 25.5 Å². The molecule has 0 saturated heterocycles. The molecule has 4 heteroatoms. The van der Waals surface area contributed by atoms with Crippen LogP contribution in [0.4, 0.5) is 0 Å². The summed E-state index contributed by atoms with van der Waals surface area (Å²) in [6.07, 6.45) is 1.99. The van der Waals surface area contributed by atoms with E-state index in [0.29, 0.717) is 24.9 Å². The van der Waals surface area contributed by atoms with Crippen LogP contribution in [0.3, 0.4) is 0 Å². The van der Waals surface area contributed by atoms with Gasteiger partial charge in [-0.05, 0) is 18.8 Å². The molecule has 0 aliphatic rings. The van der Waals surface area contributed by atoms with Gasteiger partial charge in [-0.25, -0.2) is 0 Å². The molecule has 0 fully saturated rings. The summed E-state index contributed by atoms with van der Waals surface area (Å²) in [6, 6.07) is 4.11. The van der Waals surface area contributed by atoms with Gasteiger partial charge >= 0.3 is 0 Å². The van der Waals surface area contributed by atoms with E-state index in [1.165, 1.54) is 0 Å². The number of hydrogen-bond acceptors (Lipinski definition) is 3. The van der Waals surface area contributed by atoms with Gasteiger partial charge in [0.2, 0.25) is 0 Å². The first kappa shape index (κ1) is 13.2. The van der Waals surface area contributed by atoms with Crippen molar-refractivity contribution in [1.82, 2.24) is 4.90 Å². The standard InChI is InChI=1S/C10H16ClN3/c1-10(2-4-11)3-7-14(8-5-12)9-6-13/h10H,2-4,7-9H2,1H3. The van der Waals surface area contributed by atoms with Crippen molar-refractivity contribution in [3.63, 3.8) is 0 Å². The Labute approximate surface area is 90.9 Å². The van der Waals surface area contributed by atoms with Gasteiger partial charge in [0.05, 0.1) is 25.2 Å². The normalized spacial score (nSPS) is 12.1. The molecule has 1 atom stereocenters. The third-order valence-electron chi connectivity index (χ3n) is 2.13. The van der Waals surface area contributed by atoms with Crippen molar-refractivity contribution in [2.24, 2.45) is 5.92 Å². The van der Waals surface area contributed by atoms with Gasteiger partial charge in [-0.1, -0.05) is 6.92 Å². The highest BCUT2D eigenvalue weighted by molar-refractivity contribution is 6.17. The average molecular weight is 214 g/mol. The van der Waals surface area contributed by atoms with E-state index in [-0.39, 0.29) is 0 Å². The first-order valence-corrected chi connectivity index (χ1v) is 5.30. The van der Waals surface area contributed by atoms with Gasteiger partial charge in [-0.3, -0.25) is 4.90 Å². The Hall–Kier alpha value is -0.770. The van der Waals surface area contributed by atoms with Crippen LogP contribution in [-0.4, -0.2) is 30.4 Å². The predicted molar refractivity (Wildman–Crippen MR) is 56.8 cm³/mol. The molecule has 0 bridgehead atoms. The Bertz CT molecular complexity index is 200. The second-order valence-corrected chi connectivity index (χ2v) is 3.78. The molecule has 0 saturated carbocycles. The van der Waals surface area contributed by atoms with Crippen LogP contribution in [0.15, 0.2) is 0 Å². The summed E-state index contributed by atoms with van der Waals surface area (Å²) in [5, 5.41) is 17.0. The summed E-state index contributed by atoms with van der Waals surface area (Å²) in [7, 11) is 0. The second kappa shape index (κ2) is 8.81. The van der Waals surface area contributed by atoms with E-state index in [1.54, 1.807) is 0 Å². The molecule has 0 radical (unpaired) electrons. The smallest absolute Gasteiger partial charge is 0.0874 e. The van der Waals surface area contributed by atoms with Crippen molar-refractivity contribution in [3.8, 4) is 12.1 Å². The zero-order valence-electron chi connectivity index (χ0n) is 8.54. The van der Waals surface area contributed by atoms with Crippen LogP contribution in [0.2, 0.25) is 0 Å². The zero-order chi connectivity index (χ0) is 10.8. The fourth-order valence-electron chi connectivity index (χ4n) is 1.15. The minimum atomic E-state index is 0.334. The molecule has 3 nitrogen and oxygen atoms in total. The minimum Gasteiger partial charge on any atom is -0.277 e. The van der Waals surface area contributed by atoms with Crippen molar-refractivity contribution < 1.29 is 0 Å². The van der Waals surface area contributed by atoms with Crippen molar-refractivity contribution in [3.05, 3.63) is 0 Å². The van der Waals surface area contributed by atoms with Crippen LogP contribution in [0.25, 0.3) is 0 Å². The highest BCUT2D eigenvalue weighted by Crippen LogP contribution is 2.09. The molecule has 0 aliphatic carbocycles. The van der Waals surface area contributed by atoms with Crippen LogP contribution in [-0.2, 0) is 0 Å². The zero-order valence-corrected chi connectivity index (χ0v) is 9.30. The van der Waals surface area contributed by atoms with Gasteiger partial charge in [0.25, 0.3) is 0 Å². The summed E-state index contributed by atoms with van der Waals surface area (Å²) in [4.78, 5) is 1.85. The highest BCUT2D eigenvalue weighted by Gasteiger charge is 2.06. The maximum absolute atomic E-state index is 8.51. The molecule has 0 rings (SSSR count). The Morgan fingerprint density at radius 2 is 1.79 bits per heavy atom. The highest BCUT2D eigenvalue weighted by atomic mass is 35.5. The van der Waals surface area contributed by atoms with Gasteiger partial charge in [0.1, 0.15) is 0 Å². The molecule has 0 amide bonds. The Kier molecular flexibility index (Phi) is 8.33. The second-order valence-electron chi connectivity index (χ2n) is 3.40. The number of nitrogens with zero attached hydrogens (tertiary/aromatic N) is 3. The monoisotopic (exact) mass is 213 g/mol. The molecule has 14 heavy (non-hydrogen) atoms. The molecular weight excluding hydrogens is 198 g/mol. The van der Waals surface area contributed by atoms with Crippen LogP contribution in [0.5, 0.6) is 0 Å². The SMILES string of the molecule is CC(CCCl)CCN(CC#N)CC#N. The van der Waals surface area contributed by atoms with E-state index in [0.717, 1.165) is 19.4 Å². The maximum Gasteiger partial charge on any atom is 0.0874 e. The van der Waals surface area contributed by atoms with Crippen molar-refractivity contribution >= 4 is 11.6 Å². The largest absolute Gasteiger partial charge is 0.277 e. The van der Waals surface area contributed by atoms with Gasteiger partial charge in [-0.15, -0.1) is 11.6 Å². The lowest BCUT2D eigenvalue weighted by molar-refractivity contribution is 0.309. The number of hydrogen-bond donors (Lipinski definition) is 0. The molecule has 0 aliphatic heterocycles. The first-order valence-electron chi connectivity index (χ1n) is 4.76. The molecular formula is C10H16ClN3. The summed E-state index contributed by atoms with van der Waals surface area (Å²) in [6.45, 7) is 3.61. The van der Waals surface area contributed by atoms with Gasteiger partial charge in [0, 0.05) is 12.4 Å². The lowest BCUT2D eigenvalue weighted by atomic mass is 10.1. The maximum atomic E-state index is 8.51. The molecule has 1 unspecified atom stereocenters. The van der Waals surface area contributed by atoms with Crippen LogP contribution < -0.4 is 0 Å². The van der Waals surface area contributed by atoms with Crippen molar-refractivity contribution in [2.45, 2.75) is 19.8 Å². The minimum absolute atomic E-state index is 0.334. The summed E-state index contributed by atoms with van der Waals surface area (Å²) < 4.78 is 0. The van der Waals surface area contributed by atoms with E-state index in [1.807, 2.05) is 4.90 Å². The third-order valence-corrected chi connectivity index (χ3v) is 2.35. The first-order chi connectivity index (χ1) is 6.74. The molecule has 0 N–H and O–H groups in total. The van der Waals surface area contributed by atoms with Gasteiger partial charge in [-0.2, -0.15) is 10.5 Å². The topological polar surface area (TPSA) is 50.8 Å². The molecule has 0 spiro atoms. The van der Waals surface area contributed by atoms with Crippen LogP contribution in [0.1, 0.15) is 19.8 Å². The van der Waals surface area contributed by atoms with Crippen molar-refractivity contribution in [1.29, 1.82) is 10.5 Å². The Balaban J connectivity index is 3.71. The average Bonchev–Trinajstić information content (AvgIpc) is 2.15. The van der Waals surface area contributed by atoms with E-state index < -0.39 is 0 Å². The summed E-state index contributed by atoms with van der Waals surface area (Å²) >= 11 is 5.62. The molecule has 0 aromatic heterocycles. The Morgan fingerprint density at radius 3 is 2.21 bits per heavy atom. The Morgan fingerprint density at radius 1 is 1.21 bits per heavy atom. The fourth-order valence-corrected chi connectivity index (χ4v) is 1.52. The van der Waals surface area contributed by atoms with Crippen LogP contribution in [0, 0.1) is 28.6 Å². The molecule has 78 valence electrons. The number of alkyl halides is 1. The molecule has 0 aromatic carbocycles. The van der Waals surface area contributed by atoms with E-state index >= 15 is 0 Å². The predicted octanol–water partition coefficient (Wildman–Crippen LogP) is 1.99. The summed E-state index contributed by atoms with van der Waals surface area (Å²) in [5.74, 6) is 1.24. The van der Waals surface area contributed by atoms with E-state index in [9.17, 15) is 0 Å². The van der Waals surface area contributed by atoms with E-state index in [2.05, 4.69) is 19.1 Å². The van der Waals surface area contributed by atoms with Gasteiger partial charge in [0.15, 0.2) is 0 Å². The molecule has 0 aromatic rings. The number of nitriles is 2. The lowest BCUT2D eigenvalue weighted by Crippen LogP contribution is -2.26. The summed E-state index contributed by atoms with van der Waals surface area (Å²) in [5.41, 5.74) is 0. The number of rotatable bonds is 7.